The summed E-state index contributed by atoms with van der Waals surface area (Å²) in [5.41, 5.74) is 1.50. The van der Waals surface area contributed by atoms with Crippen molar-refractivity contribution in [3.63, 3.8) is 0 Å². The molecule has 8 nitrogen and oxygen atoms in total. The molecule has 1 amide bonds. The zero-order chi connectivity index (χ0) is 21.5. The number of carboxylic acid groups (broad SMARTS) is 1. The summed E-state index contributed by atoms with van der Waals surface area (Å²) in [6, 6.07) is 11.1. The number of carboxylic acids is 1. The molecule has 1 aromatic heterocycles. The van der Waals surface area contributed by atoms with E-state index in [-0.39, 0.29) is 0 Å². The first-order chi connectivity index (χ1) is 14.5. The van der Waals surface area contributed by atoms with Crippen LogP contribution in [0, 0.1) is 11.8 Å². The van der Waals surface area contributed by atoms with Gasteiger partial charge in [-0.2, -0.15) is 0 Å². The lowest BCUT2D eigenvalue weighted by molar-refractivity contribution is -0.138. The van der Waals surface area contributed by atoms with Crippen molar-refractivity contribution in [2.45, 2.75) is 19.9 Å². The van der Waals surface area contributed by atoms with Gasteiger partial charge >= 0.3 is 5.97 Å². The number of fused-ring (bicyclic) bond motifs is 1. The molecule has 30 heavy (non-hydrogen) atoms. The fourth-order valence-corrected chi connectivity index (χ4v) is 2.91. The maximum Gasteiger partial charge on any atom is 0.330 e. The quantitative estimate of drug-likeness (QED) is 0.518. The first-order valence-corrected chi connectivity index (χ1v) is 9.23. The van der Waals surface area contributed by atoms with Gasteiger partial charge < -0.3 is 20.5 Å². The predicted octanol–water partition coefficient (Wildman–Crippen LogP) is 3.23. The molecule has 0 bridgehead atoms. The summed E-state index contributed by atoms with van der Waals surface area (Å²) >= 11 is 0. The second-order valence-corrected chi connectivity index (χ2v) is 6.18. The molecule has 3 aromatic rings. The van der Waals surface area contributed by atoms with Gasteiger partial charge in [-0.05, 0) is 31.4 Å². The Balaban J connectivity index is 2.07. The molecule has 3 N–H and O–H groups in total. The number of hydrogen-bond donors (Lipinski definition) is 3. The molecule has 8 heteroatoms. The Morgan fingerprint density at radius 2 is 1.97 bits per heavy atom. The number of nitrogens with one attached hydrogen (secondary N) is 2. The number of carbonyl (C=O) groups excluding carboxylic acids is 1. The van der Waals surface area contributed by atoms with Crippen molar-refractivity contribution in [2.24, 2.45) is 0 Å². The third-order valence-corrected chi connectivity index (χ3v) is 4.18. The van der Waals surface area contributed by atoms with Crippen molar-refractivity contribution in [2.75, 3.05) is 17.2 Å². The van der Waals surface area contributed by atoms with E-state index in [2.05, 4.69) is 32.4 Å². The predicted molar refractivity (Wildman–Crippen MR) is 113 cm³/mol. The summed E-state index contributed by atoms with van der Waals surface area (Å²) < 4.78 is 5.61. The molecular weight excluding hydrogens is 384 g/mol. The number of rotatable bonds is 7. The molecule has 0 spiro atoms. The lowest BCUT2D eigenvalue weighted by Gasteiger charge is -2.18. The van der Waals surface area contributed by atoms with Gasteiger partial charge in [0.1, 0.15) is 17.9 Å². The highest BCUT2D eigenvalue weighted by Crippen LogP contribution is 2.33. The van der Waals surface area contributed by atoms with Crippen molar-refractivity contribution >= 4 is 34.3 Å². The molecule has 0 aliphatic carbocycles. The lowest BCUT2D eigenvalue weighted by atomic mass is 10.1. The standard InChI is InChI=1S/C22H20N4O4/c1-3-8-19(27)25-17-11-15-16(12-18(17)30-4-2)23-13-24-21(15)26-20(22(28)29)14-9-6-5-7-10-14/h5-7,9-13,20H,4H2,1-2H3,(H,25,27)(H,28,29)(H,23,24,26). The fraction of sp³-hybridized carbons (Fsp3) is 0.182. The van der Waals surface area contributed by atoms with Gasteiger partial charge in [-0.25, -0.2) is 14.8 Å². The Morgan fingerprint density at radius 3 is 2.63 bits per heavy atom. The Bertz CT molecular complexity index is 1140. The van der Waals surface area contributed by atoms with Gasteiger partial charge in [0, 0.05) is 11.5 Å². The van der Waals surface area contributed by atoms with Crippen molar-refractivity contribution in [1.29, 1.82) is 0 Å². The molecule has 0 aliphatic rings. The van der Waals surface area contributed by atoms with Crippen LogP contribution in [-0.4, -0.2) is 33.6 Å². The van der Waals surface area contributed by atoms with E-state index in [1.165, 1.54) is 6.33 Å². The van der Waals surface area contributed by atoms with E-state index in [0.29, 0.717) is 40.3 Å². The second kappa shape index (κ2) is 9.39. The summed E-state index contributed by atoms with van der Waals surface area (Å²) in [7, 11) is 0. The minimum atomic E-state index is -1.05. The number of hydrogen-bond acceptors (Lipinski definition) is 6. The van der Waals surface area contributed by atoms with Crippen molar-refractivity contribution in [3.05, 3.63) is 54.4 Å². The van der Waals surface area contributed by atoms with Crippen molar-refractivity contribution < 1.29 is 19.4 Å². The average Bonchev–Trinajstić information content (AvgIpc) is 2.73. The molecule has 3 rings (SSSR count). The van der Waals surface area contributed by atoms with E-state index in [4.69, 9.17) is 4.74 Å². The number of aromatic nitrogens is 2. The number of amides is 1. The molecule has 1 unspecified atom stereocenters. The van der Waals surface area contributed by atoms with Crippen LogP contribution in [0.15, 0.2) is 48.8 Å². The van der Waals surface area contributed by atoms with Crippen LogP contribution in [0.25, 0.3) is 10.9 Å². The number of aliphatic carboxylic acids is 1. The van der Waals surface area contributed by atoms with Gasteiger partial charge in [-0.15, -0.1) is 0 Å². The van der Waals surface area contributed by atoms with Crippen LogP contribution in [0.3, 0.4) is 0 Å². The normalized spacial score (nSPS) is 11.1. The summed E-state index contributed by atoms with van der Waals surface area (Å²) in [5, 5.41) is 15.9. The van der Waals surface area contributed by atoms with Crippen molar-refractivity contribution in [3.8, 4) is 17.6 Å². The van der Waals surface area contributed by atoms with Crippen LogP contribution >= 0.6 is 0 Å². The molecule has 0 saturated carbocycles. The second-order valence-electron chi connectivity index (χ2n) is 6.18. The molecule has 1 heterocycles. The molecule has 0 aliphatic heterocycles. The third-order valence-electron chi connectivity index (χ3n) is 4.18. The van der Waals surface area contributed by atoms with Gasteiger partial charge in [0.25, 0.3) is 5.91 Å². The molecular formula is C22H20N4O4. The van der Waals surface area contributed by atoms with Crippen LogP contribution in [0.5, 0.6) is 5.75 Å². The Labute approximate surface area is 173 Å². The van der Waals surface area contributed by atoms with E-state index >= 15 is 0 Å². The van der Waals surface area contributed by atoms with Gasteiger partial charge in [0.2, 0.25) is 0 Å². The maximum atomic E-state index is 12.0. The number of anilines is 2. The highest BCUT2D eigenvalue weighted by atomic mass is 16.5. The van der Waals surface area contributed by atoms with Crippen LogP contribution in [0.2, 0.25) is 0 Å². The summed E-state index contributed by atoms with van der Waals surface area (Å²) in [6.07, 6.45) is 1.34. The van der Waals surface area contributed by atoms with Gasteiger partial charge in [0.15, 0.2) is 6.04 Å². The highest BCUT2D eigenvalue weighted by molar-refractivity contribution is 6.06. The smallest absolute Gasteiger partial charge is 0.330 e. The zero-order valence-electron chi connectivity index (χ0n) is 16.5. The monoisotopic (exact) mass is 404 g/mol. The number of carbonyl (C=O) groups is 2. The number of ether oxygens (including phenoxy) is 1. The minimum Gasteiger partial charge on any atom is -0.492 e. The minimum absolute atomic E-state index is 0.316. The van der Waals surface area contributed by atoms with E-state index in [1.807, 2.05) is 13.0 Å². The molecule has 2 aromatic carbocycles. The fourth-order valence-electron chi connectivity index (χ4n) is 2.91. The Morgan fingerprint density at radius 1 is 1.20 bits per heavy atom. The SMILES string of the molecule is CC#CC(=O)Nc1cc2c(NC(C(=O)O)c3ccccc3)ncnc2cc1OCC. The highest BCUT2D eigenvalue weighted by Gasteiger charge is 2.21. The molecule has 0 radical (unpaired) electrons. The summed E-state index contributed by atoms with van der Waals surface area (Å²) in [6.45, 7) is 3.78. The molecule has 1 atom stereocenters. The first kappa shape index (κ1) is 20.6. The number of benzene rings is 2. The van der Waals surface area contributed by atoms with Crippen molar-refractivity contribution in [1.82, 2.24) is 9.97 Å². The van der Waals surface area contributed by atoms with Gasteiger partial charge in [-0.3, -0.25) is 4.79 Å². The average molecular weight is 404 g/mol. The van der Waals surface area contributed by atoms with Gasteiger partial charge in [-0.1, -0.05) is 36.3 Å². The van der Waals surface area contributed by atoms with Crippen LogP contribution < -0.4 is 15.4 Å². The zero-order valence-corrected chi connectivity index (χ0v) is 16.5. The van der Waals surface area contributed by atoms with Crippen LogP contribution in [0.4, 0.5) is 11.5 Å². The largest absolute Gasteiger partial charge is 0.492 e. The topological polar surface area (TPSA) is 113 Å². The Kier molecular flexibility index (Phi) is 6.45. The lowest BCUT2D eigenvalue weighted by Crippen LogP contribution is -2.21. The van der Waals surface area contributed by atoms with E-state index < -0.39 is 17.9 Å². The molecule has 0 saturated heterocycles. The van der Waals surface area contributed by atoms with Crippen LogP contribution in [0.1, 0.15) is 25.5 Å². The molecule has 0 fully saturated rings. The molecule has 152 valence electrons. The summed E-state index contributed by atoms with van der Waals surface area (Å²) in [5.74, 6) is 4.16. The Hall–Kier alpha value is -4.12. The van der Waals surface area contributed by atoms with E-state index in [9.17, 15) is 14.7 Å². The van der Waals surface area contributed by atoms with E-state index in [0.717, 1.165) is 0 Å². The maximum absolute atomic E-state index is 12.0. The van der Waals surface area contributed by atoms with Crippen LogP contribution in [-0.2, 0) is 9.59 Å². The van der Waals surface area contributed by atoms with Gasteiger partial charge in [0.05, 0.1) is 17.8 Å². The number of nitrogens with zero attached hydrogens (tertiary/aromatic N) is 2. The summed E-state index contributed by atoms with van der Waals surface area (Å²) in [4.78, 5) is 32.3. The first-order valence-electron chi connectivity index (χ1n) is 9.23. The van der Waals surface area contributed by atoms with E-state index in [1.54, 1.807) is 43.3 Å². The third kappa shape index (κ3) is 4.64.